The van der Waals surface area contributed by atoms with Crippen LogP contribution >= 0.6 is 0 Å². The Labute approximate surface area is 103 Å². The van der Waals surface area contributed by atoms with Gasteiger partial charge in [0, 0.05) is 19.3 Å². The van der Waals surface area contributed by atoms with Crippen LogP contribution in [0, 0.1) is 0 Å². The number of hydrogen-bond donors (Lipinski definition) is 1. The van der Waals surface area contributed by atoms with Crippen molar-refractivity contribution >= 4 is 0 Å². The summed E-state index contributed by atoms with van der Waals surface area (Å²) in [6.07, 6.45) is 6.75. The molecule has 0 spiro atoms. The molecule has 2 atom stereocenters. The maximum Gasteiger partial charge on any atom is 0.0957 e. The van der Waals surface area contributed by atoms with Gasteiger partial charge in [0.25, 0.3) is 0 Å². The van der Waals surface area contributed by atoms with Crippen LogP contribution in [0.25, 0.3) is 0 Å². The molecular weight excluding hydrogens is 216 g/mol. The summed E-state index contributed by atoms with van der Waals surface area (Å²) in [6.45, 7) is 3.87. The molecule has 1 aliphatic rings. The van der Waals surface area contributed by atoms with E-state index in [1.165, 1.54) is 0 Å². The van der Waals surface area contributed by atoms with E-state index in [0.717, 1.165) is 50.9 Å². The molecule has 0 bridgehead atoms. The lowest BCUT2D eigenvalue weighted by Gasteiger charge is -2.15. The van der Waals surface area contributed by atoms with Crippen molar-refractivity contribution in [2.24, 2.45) is 0 Å². The van der Waals surface area contributed by atoms with Crippen LogP contribution in [-0.2, 0) is 11.3 Å². The van der Waals surface area contributed by atoms with E-state index in [1.807, 2.05) is 10.7 Å². The lowest BCUT2D eigenvalue weighted by Crippen LogP contribution is -2.12. The van der Waals surface area contributed by atoms with E-state index in [1.54, 1.807) is 6.20 Å². The molecule has 1 aromatic heterocycles. The van der Waals surface area contributed by atoms with Crippen molar-refractivity contribution in [3.05, 3.63) is 18.0 Å². The van der Waals surface area contributed by atoms with E-state index >= 15 is 0 Å². The zero-order chi connectivity index (χ0) is 12.1. The Balaban J connectivity index is 1.85. The monoisotopic (exact) mass is 238 g/mol. The predicted molar refractivity (Wildman–Crippen MR) is 65.7 cm³/mol. The lowest BCUT2D eigenvalue weighted by molar-refractivity contribution is 0.0788. The van der Waals surface area contributed by atoms with E-state index in [9.17, 15) is 5.11 Å². The van der Waals surface area contributed by atoms with Crippen LogP contribution < -0.4 is 0 Å². The summed E-state index contributed by atoms with van der Waals surface area (Å²) in [5.74, 6) is 0. The number of rotatable bonds is 6. The summed E-state index contributed by atoms with van der Waals surface area (Å²) in [5.41, 5.74) is 0.935. The van der Waals surface area contributed by atoms with Gasteiger partial charge in [-0.25, -0.2) is 0 Å². The van der Waals surface area contributed by atoms with Gasteiger partial charge in [-0.1, -0.05) is 6.92 Å². The van der Waals surface area contributed by atoms with Crippen LogP contribution in [0.4, 0.5) is 0 Å². The molecule has 17 heavy (non-hydrogen) atoms. The number of hydrogen-bond acceptors (Lipinski definition) is 3. The van der Waals surface area contributed by atoms with Crippen LogP contribution in [0.2, 0.25) is 0 Å². The number of nitrogens with zero attached hydrogens (tertiary/aromatic N) is 2. The minimum Gasteiger partial charge on any atom is -0.387 e. The van der Waals surface area contributed by atoms with E-state index in [-0.39, 0.29) is 0 Å². The quantitative estimate of drug-likeness (QED) is 0.827. The normalized spacial score (nSPS) is 21.9. The highest BCUT2D eigenvalue weighted by Crippen LogP contribution is 2.23. The molecule has 0 saturated carbocycles. The first-order chi connectivity index (χ1) is 8.31. The van der Waals surface area contributed by atoms with Gasteiger partial charge in [-0.05, 0) is 38.2 Å². The van der Waals surface area contributed by atoms with Crippen molar-refractivity contribution in [1.29, 1.82) is 0 Å². The predicted octanol–water partition coefficient (Wildman–Crippen LogP) is 2.29. The Morgan fingerprint density at radius 3 is 3.24 bits per heavy atom. The zero-order valence-electron chi connectivity index (χ0n) is 10.5. The van der Waals surface area contributed by atoms with Gasteiger partial charge in [-0.2, -0.15) is 5.10 Å². The van der Waals surface area contributed by atoms with Crippen molar-refractivity contribution in [3.8, 4) is 0 Å². The van der Waals surface area contributed by atoms with E-state index in [0.29, 0.717) is 6.10 Å². The van der Waals surface area contributed by atoms with Crippen molar-refractivity contribution in [1.82, 2.24) is 9.78 Å². The Morgan fingerprint density at radius 2 is 2.53 bits per heavy atom. The molecule has 2 unspecified atom stereocenters. The molecular formula is C13H22N2O2. The minimum absolute atomic E-state index is 0.354. The highest BCUT2D eigenvalue weighted by molar-refractivity contribution is 5.04. The van der Waals surface area contributed by atoms with E-state index in [4.69, 9.17) is 4.74 Å². The van der Waals surface area contributed by atoms with Gasteiger partial charge in [0.1, 0.15) is 0 Å². The van der Waals surface area contributed by atoms with Gasteiger partial charge < -0.3 is 9.84 Å². The molecule has 0 aromatic carbocycles. The minimum atomic E-state index is -0.409. The third-order valence-corrected chi connectivity index (χ3v) is 3.31. The summed E-state index contributed by atoms with van der Waals surface area (Å²) < 4.78 is 7.47. The van der Waals surface area contributed by atoms with Gasteiger partial charge >= 0.3 is 0 Å². The summed E-state index contributed by atoms with van der Waals surface area (Å²) >= 11 is 0. The van der Waals surface area contributed by atoms with Crippen molar-refractivity contribution < 1.29 is 9.84 Å². The van der Waals surface area contributed by atoms with Gasteiger partial charge in [0.2, 0.25) is 0 Å². The summed E-state index contributed by atoms with van der Waals surface area (Å²) in [5, 5.41) is 14.4. The molecule has 1 fully saturated rings. The first-order valence-corrected chi connectivity index (χ1v) is 6.62. The molecule has 2 rings (SSSR count). The maximum atomic E-state index is 10.2. The second-order valence-electron chi connectivity index (χ2n) is 4.71. The standard InChI is InChI=1S/C13H22N2O2/c1-2-9-15-12(7-8-14-15)13(16)6-5-11-4-3-10-17-11/h7-8,11,13,16H,2-6,9-10H2,1H3. The first kappa shape index (κ1) is 12.6. The molecule has 0 amide bonds. The number of aliphatic hydroxyl groups excluding tert-OH is 1. The molecule has 4 nitrogen and oxygen atoms in total. The van der Waals surface area contributed by atoms with Gasteiger partial charge in [-0.3, -0.25) is 4.68 Å². The van der Waals surface area contributed by atoms with Crippen molar-refractivity contribution in [2.75, 3.05) is 6.61 Å². The fourth-order valence-electron chi connectivity index (χ4n) is 2.39. The third kappa shape index (κ3) is 3.30. The van der Waals surface area contributed by atoms with Crippen LogP contribution in [0.1, 0.15) is 50.8 Å². The fraction of sp³-hybridized carbons (Fsp3) is 0.769. The molecule has 4 heteroatoms. The molecule has 96 valence electrons. The summed E-state index contributed by atoms with van der Waals surface area (Å²) in [4.78, 5) is 0. The number of aliphatic hydroxyl groups is 1. The third-order valence-electron chi connectivity index (χ3n) is 3.31. The van der Waals surface area contributed by atoms with Crippen molar-refractivity contribution in [2.45, 2.75) is 57.8 Å². The highest BCUT2D eigenvalue weighted by Gasteiger charge is 2.19. The summed E-state index contributed by atoms with van der Waals surface area (Å²) in [6, 6.07) is 1.91. The van der Waals surface area contributed by atoms with Gasteiger partial charge in [0.15, 0.2) is 0 Å². The first-order valence-electron chi connectivity index (χ1n) is 6.62. The lowest BCUT2D eigenvalue weighted by atomic mass is 10.1. The van der Waals surface area contributed by atoms with E-state index < -0.39 is 6.10 Å². The molecule has 0 radical (unpaired) electrons. The van der Waals surface area contributed by atoms with Gasteiger partial charge in [0.05, 0.1) is 17.9 Å². The number of aryl methyl sites for hydroxylation is 1. The Morgan fingerprint density at radius 1 is 1.65 bits per heavy atom. The Bertz CT molecular complexity index is 332. The average molecular weight is 238 g/mol. The molecule has 1 saturated heterocycles. The molecule has 1 aromatic rings. The Kier molecular flexibility index (Phi) is 4.57. The topological polar surface area (TPSA) is 47.3 Å². The van der Waals surface area contributed by atoms with Crippen LogP contribution in [0.3, 0.4) is 0 Å². The molecule has 2 heterocycles. The van der Waals surface area contributed by atoms with Crippen LogP contribution in [0.15, 0.2) is 12.3 Å². The van der Waals surface area contributed by atoms with E-state index in [2.05, 4.69) is 12.0 Å². The average Bonchev–Trinajstić information content (AvgIpc) is 2.97. The van der Waals surface area contributed by atoms with Gasteiger partial charge in [-0.15, -0.1) is 0 Å². The van der Waals surface area contributed by atoms with Crippen molar-refractivity contribution in [3.63, 3.8) is 0 Å². The largest absolute Gasteiger partial charge is 0.387 e. The molecule has 1 aliphatic heterocycles. The number of aromatic nitrogens is 2. The summed E-state index contributed by atoms with van der Waals surface area (Å²) in [7, 11) is 0. The van der Waals surface area contributed by atoms with Crippen LogP contribution in [0.5, 0.6) is 0 Å². The highest BCUT2D eigenvalue weighted by atomic mass is 16.5. The molecule has 1 N–H and O–H groups in total. The SMILES string of the molecule is CCCn1nccc1C(O)CCC1CCCO1. The van der Waals surface area contributed by atoms with Crippen LogP contribution in [-0.4, -0.2) is 27.6 Å². The fourth-order valence-corrected chi connectivity index (χ4v) is 2.39. The Hall–Kier alpha value is -0.870. The number of ether oxygens (including phenoxy) is 1. The molecule has 0 aliphatic carbocycles. The smallest absolute Gasteiger partial charge is 0.0957 e. The zero-order valence-corrected chi connectivity index (χ0v) is 10.5. The second-order valence-corrected chi connectivity index (χ2v) is 4.71. The second kappa shape index (κ2) is 6.17. The maximum absolute atomic E-state index is 10.2.